The number of fused-ring (bicyclic) bond motifs is 2. The van der Waals surface area contributed by atoms with Crippen molar-refractivity contribution in [3.63, 3.8) is 0 Å². The van der Waals surface area contributed by atoms with E-state index in [0.717, 1.165) is 23.9 Å². The molecule has 2 heterocycles. The van der Waals surface area contributed by atoms with E-state index in [1.165, 1.54) is 43.3 Å². The van der Waals surface area contributed by atoms with E-state index in [-0.39, 0.29) is 12.4 Å². The average molecular weight is 318 g/mol. The Labute approximate surface area is 138 Å². The lowest BCUT2D eigenvalue weighted by Gasteiger charge is -2.29. The van der Waals surface area contributed by atoms with Gasteiger partial charge >= 0.3 is 0 Å². The van der Waals surface area contributed by atoms with E-state index >= 15 is 0 Å². The topological polar surface area (TPSA) is 42.1 Å². The SMILES string of the molecule is Cl.NC1CCCC2CN(Cc3ccc4ncccc4c3)CC12. The molecule has 2 aliphatic rings. The van der Waals surface area contributed by atoms with Gasteiger partial charge in [-0.25, -0.2) is 0 Å². The molecule has 1 aromatic heterocycles. The summed E-state index contributed by atoms with van der Waals surface area (Å²) in [6.07, 6.45) is 5.76. The Morgan fingerprint density at radius 2 is 2.09 bits per heavy atom. The predicted octanol–water partition coefficient (Wildman–Crippen LogP) is 3.22. The van der Waals surface area contributed by atoms with Crippen molar-refractivity contribution in [1.82, 2.24) is 9.88 Å². The van der Waals surface area contributed by atoms with Crippen molar-refractivity contribution in [1.29, 1.82) is 0 Å². The largest absolute Gasteiger partial charge is 0.327 e. The minimum atomic E-state index is 0. The van der Waals surface area contributed by atoms with Gasteiger partial charge in [0.2, 0.25) is 0 Å². The van der Waals surface area contributed by atoms with Crippen LogP contribution in [0, 0.1) is 11.8 Å². The Balaban J connectivity index is 0.00000144. The van der Waals surface area contributed by atoms with E-state index in [4.69, 9.17) is 5.73 Å². The molecule has 1 aliphatic heterocycles. The first kappa shape index (κ1) is 15.7. The van der Waals surface area contributed by atoms with Crippen LogP contribution in [0.15, 0.2) is 36.5 Å². The predicted molar refractivity (Wildman–Crippen MR) is 93.1 cm³/mol. The Kier molecular flexibility index (Phi) is 4.67. The summed E-state index contributed by atoms with van der Waals surface area (Å²) in [6.45, 7) is 3.45. The molecule has 1 aliphatic carbocycles. The lowest BCUT2D eigenvalue weighted by Crippen LogP contribution is -2.38. The van der Waals surface area contributed by atoms with Gasteiger partial charge in [-0.05, 0) is 48.4 Å². The number of hydrogen-bond acceptors (Lipinski definition) is 3. The molecule has 2 aromatic rings. The third-order valence-electron chi connectivity index (χ3n) is 5.30. The molecule has 3 atom stereocenters. The molecule has 22 heavy (non-hydrogen) atoms. The molecule has 0 spiro atoms. The Hall–Kier alpha value is -1.16. The highest BCUT2D eigenvalue weighted by Crippen LogP contribution is 2.36. The number of aromatic nitrogens is 1. The van der Waals surface area contributed by atoms with E-state index in [1.54, 1.807) is 0 Å². The fourth-order valence-electron chi connectivity index (χ4n) is 4.22. The second-order valence-electron chi connectivity index (χ2n) is 6.74. The van der Waals surface area contributed by atoms with Crippen LogP contribution in [0.25, 0.3) is 10.9 Å². The van der Waals surface area contributed by atoms with Gasteiger partial charge in [0.05, 0.1) is 5.52 Å². The number of pyridine rings is 1. The fraction of sp³-hybridized carbons (Fsp3) is 0.500. The molecule has 118 valence electrons. The zero-order valence-corrected chi connectivity index (χ0v) is 13.6. The van der Waals surface area contributed by atoms with Crippen molar-refractivity contribution in [3.05, 3.63) is 42.1 Å². The molecule has 1 aromatic carbocycles. The molecule has 0 radical (unpaired) electrons. The molecule has 4 heteroatoms. The second kappa shape index (κ2) is 6.53. The van der Waals surface area contributed by atoms with Crippen LogP contribution in [0.2, 0.25) is 0 Å². The van der Waals surface area contributed by atoms with Gasteiger partial charge in [-0.15, -0.1) is 12.4 Å². The standard InChI is InChI=1S/C18H23N3.ClH/c19-17-5-1-3-15-11-21(12-16(15)17)10-13-6-7-18-14(9-13)4-2-8-20-18;/h2,4,6-9,15-17H,1,3,5,10-12,19H2;1H. The van der Waals surface area contributed by atoms with Crippen molar-refractivity contribution in [3.8, 4) is 0 Å². The first-order valence-electron chi connectivity index (χ1n) is 8.11. The summed E-state index contributed by atoms with van der Waals surface area (Å²) in [7, 11) is 0. The molecule has 2 fully saturated rings. The van der Waals surface area contributed by atoms with Gasteiger partial charge in [0, 0.05) is 37.3 Å². The van der Waals surface area contributed by atoms with Crippen molar-refractivity contribution in [2.45, 2.75) is 31.8 Å². The van der Waals surface area contributed by atoms with Crippen LogP contribution in [0.1, 0.15) is 24.8 Å². The lowest BCUT2D eigenvalue weighted by molar-refractivity contribution is 0.259. The van der Waals surface area contributed by atoms with Crippen molar-refractivity contribution >= 4 is 23.3 Å². The summed E-state index contributed by atoms with van der Waals surface area (Å²) in [5.74, 6) is 1.55. The quantitative estimate of drug-likeness (QED) is 0.924. The van der Waals surface area contributed by atoms with Gasteiger partial charge in [0.15, 0.2) is 0 Å². The second-order valence-corrected chi connectivity index (χ2v) is 6.74. The van der Waals surface area contributed by atoms with Crippen LogP contribution < -0.4 is 5.73 Å². The van der Waals surface area contributed by atoms with E-state index < -0.39 is 0 Å². The highest BCUT2D eigenvalue weighted by Gasteiger charge is 2.38. The fourth-order valence-corrected chi connectivity index (χ4v) is 4.22. The van der Waals surface area contributed by atoms with E-state index in [2.05, 4.69) is 34.1 Å². The van der Waals surface area contributed by atoms with E-state index in [1.807, 2.05) is 12.3 Å². The zero-order valence-electron chi connectivity index (χ0n) is 12.8. The third kappa shape index (κ3) is 2.98. The van der Waals surface area contributed by atoms with E-state index in [0.29, 0.717) is 6.04 Å². The molecular formula is C18H24ClN3. The van der Waals surface area contributed by atoms with Gasteiger partial charge in [-0.3, -0.25) is 9.88 Å². The third-order valence-corrected chi connectivity index (χ3v) is 5.30. The molecule has 4 rings (SSSR count). The Morgan fingerprint density at radius 3 is 2.95 bits per heavy atom. The number of nitrogens with zero attached hydrogens (tertiary/aromatic N) is 2. The monoisotopic (exact) mass is 317 g/mol. The molecule has 0 bridgehead atoms. The Bertz CT molecular complexity index is 645. The highest BCUT2D eigenvalue weighted by molar-refractivity contribution is 5.85. The molecule has 2 N–H and O–H groups in total. The van der Waals surface area contributed by atoms with Crippen LogP contribution in [-0.2, 0) is 6.54 Å². The maximum atomic E-state index is 6.31. The van der Waals surface area contributed by atoms with Crippen molar-refractivity contribution < 1.29 is 0 Å². The summed E-state index contributed by atoms with van der Waals surface area (Å²) >= 11 is 0. The first-order chi connectivity index (χ1) is 10.3. The van der Waals surface area contributed by atoms with Crippen molar-refractivity contribution in [2.24, 2.45) is 17.6 Å². The molecular weight excluding hydrogens is 294 g/mol. The molecule has 1 saturated heterocycles. The Morgan fingerprint density at radius 1 is 1.18 bits per heavy atom. The minimum Gasteiger partial charge on any atom is -0.327 e. The van der Waals surface area contributed by atoms with Gasteiger partial charge in [-0.2, -0.15) is 0 Å². The molecule has 0 amide bonds. The highest BCUT2D eigenvalue weighted by atomic mass is 35.5. The molecule has 3 nitrogen and oxygen atoms in total. The lowest BCUT2D eigenvalue weighted by atomic mass is 9.78. The number of nitrogens with two attached hydrogens (primary N) is 1. The van der Waals surface area contributed by atoms with Crippen LogP contribution >= 0.6 is 12.4 Å². The van der Waals surface area contributed by atoms with Crippen LogP contribution in [-0.4, -0.2) is 29.0 Å². The zero-order chi connectivity index (χ0) is 14.2. The summed E-state index contributed by atoms with van der Waals surface area (Å²) in [5.41, 5.74) is 8.79. The number of benzene rings is 1. The van der Waals surface area contributed by atoms with E-state index in [9.17, 15) is 0 Å². The van der Waals surface area contributed by atoms with Gasteiger partial charge in [0.25, 0.3) is 0 Å². The first-order valence-corrected chi connectivity index (χ1v) is 8.11. The van der Waals surface area contributed by atoms with Crippen LogP contribution in [0.3, 0.4) is 0 Å². The normalized spacial score (nSPS) is 28.3. The minimum absolute atomic E-state index is 0. The molecule has 3 unspecified atom stereocenters. The number of likely N-dealkylation sites (tertiary alicyclic amines) is 1. The van der Waals surface area contributed by atoms with Crippen LogP contribution in [0.5, 0.6) is 0 Å². The van der Waals surface area contributed by atoms with Gasteiger partial charge < -0.3 is 5.73 Å². The van der Waals surface area contributed by atoms with Crippen molar-refractivity contribution in [2.75, 3.05) is 13.1 Å². The number of hydrogen-bond donors (Lipinski definition) is 1. The van der Waals surface area contributed by atoms with Crippen LogP contribution in [0.4, 0.5) is 0 Å². The summed E-state index contributed by atoms with van der Waals surface area (Å²) < 4.78 is 0. The summed E-state index contributed by atoms with van der Waals surface area (Å²) in [6, 6.07) is 11.2. The number of halogens is 1. The maximum absolute atomic E-state index is 6.31. The smallest absolute Gasteiger partial charge is 0.0702 e. The molecule has 1 saturated carbocycles. The van der Waals surface area contributed by atoms with Gasteiger partial charge in [0.1, 0.15) is 0 Å². The van der Waals surface area contributed by atoms with Gasteiger partial charge in [-0.1, -0.05) is 18.6 Å². The summed E-state index contributed by atoms with van der Waals surface area (Å²) in [5, 5.41) is 1.24. The maximum Gasteiger partial charge on any atom is 0.0702 e. The summed E-state index contributed by atoms with van der Waals surface area (Å²) in [4.78, 5) is 6.99. The number of rotatable bonds is 2. The average Bonchev–Trinajstić information content (AvgIpc) is 2.91.